The Morgan fingerprint density at radius 1 is 1.39 bits per heavy atom. The van der Waals surface area contributed by atoms with E-state index in [0.29, 0.717) is 13.1 Å². The summed E-state index contributed by atoms with van der Waals surface area (Å²) in [6, 6.07) is 0.0550. The van der Waals surface area contributed by atoms with Gasteiger partial charge in [-0.3, -0.25) is 0 Å². The molecule has 0 unspecified atom stereocenters. The van der Waals surface area contributed by atoms with Crippen LogP contribution in [0.5, 0.6) is 0 Å². The number of amides is 2. The Morgan fingerprint density at radius 3 is 2.44 bits per heavy atom. The molecule has 0 aliphatic heterocycles. The number of hydrogen-bond donors (Lipinski definition) is 2. The van der Waals surface area contributed by atoms with Gasteiger partial charge in [-0.1, -0.05) is 13.8 Å². The van der Waals surface area contributed by atoms with E-state index in [2.05, 4.69) is 19.2 Å². The van der Waals surface area contributed by atoms with Crippen molar-refractivity contribution in [3.8, 4) is 0 Å². The molecule has 0 atom stereocenters. The van der Waals surface area contributed by atoms with Gasteiger partial charge >= 0.3 is 6.03 Å². The molecule has 0 aromatic carbocycles. The first-order valence-electron chi connectivity index (χ1n) is 7.35. The maximum atomic E-state index is 12.2. The lowest BCUT2D eigenvalue weighted by Crippen LogP contribution is -2.60. The van der Waals surface area contributed by atoms with Gasteiger partial charge in [-0.25, -0.2) is 4.79 Å². The maximum absolute atomic E-state index is 12.2. The van der Waals surface area contributed by atoms with E-state index < -0.39 is 0 Å². The SMILES string of the molecule is CCCN(C(=O)NCC)C1(CN)CCC(C)CC1. The summed E-state index contributed by atoms with van der Waals surface area (Å²) in [6.45, 7) is 8.42. The van der Waals surface area contributed by atoms with Crippen molar-refractivity contribution >= 4 is 6.03 Å². The van der Waals surface area contributed by atoms with Crippen molar-refractivity contribution in [1.82, 2.24) is 10.2 Å². The predicted octanol–water partition coefficient (Wildman–Crippen LogP) is 2.34. The second kappa shape index (κ2) is 6.98. The van der Waals surface area contributed by atoms with Gasteiger partial charge in [0.1, 0.15) is 0 Å². The molecule has 4 nitrogen and oxygen atoms in total. The molecule has 0 aromatic rings. The van der Waals surface area contributed by atoms with E-state index in [4.69, 9.17) is 5.73 Å². The molecule has 1 aliphatic carbocycles. The summed E-state index contributed by atoms with van der Waals surface area (Å²) < 4.78 is 0. The first-order chi connectivity index (χ1) is 8.59. The Bertz CT molecular complexity index is 260. The van der Waals surface area contributed by atoms with Crippen LogP contribution < -0.4 is 11.1 Å². The van der Waals surface area contributed by atoms with E-state index in [1.165, 1.54) is 12.8 Å². The summed E-state index contributed by atoms with van der Waals surface area (Å²) in [5.41, 5.74) is 5.92. The fourth-order valence-corrected chi connectivity index (χ4v) is 2.91. The molecule has 1 saturated carbocycles. The van der Waals surface area contributed by atoms with Crippen LogP contribution in [0.3, 0.4) is 0 Å². The van der Waals surface area contributed by atoms with E-state index in [9.17, 15) is 4.79 Å². The van der Waals surface area contributed by atoms with Gasteiger partial charge in [-0.05, 0) is 44.9 Å². The zero-order valence-electron chi connectivity index (χ0n) is 12.2. The Hall–Kier alpha value is -0.770. The zero-order chi connectivity index (χ0) is 13.6. The van der Waals surface area contributed by atoms with Crippen molar-refractivity contribution in [2.75, 3.05) is 19.6 Å². The highest BCUT2D eigenvalue weighted by atomic mass is 16.2. The van der Waals surface area contributed by atoms with Crippen molar-refractivity contribution in [3.63, 3.8) is 0 Å². The summed E-state index contributed by atoms with van der Waals surface area (Å²) in [6.07, 6.45) is 5.42. The second-order valence-electron chi connectivity index (χ2n) is 5.60. The molecule has 0 radical (unpaired) electrons. The summed E-state index contributed by atoms with van der Waals surface area (Å²) in [7, 11) is 0. The van der Waals surface area contributed by atoms with E-state index in [1.54, 1.807) is 0 Å². The van der Waals surface area contributed by atoms with E-state index in [1.807, 2.05) is 11.8 Å². The zero-order valence-corrected chi connectivity index (χ0v) is 12.2. The lowest BCUT2D eigenvalue weighted by atomic mass is 9.76. The van der Waals surface area contributed by atoms with Crippen LogP contribution >= 0.6 is 0 Å². The van der Waals surface area contributed by atoms with Crippen LogP contribution in [0.25, 0.3) is 0 Å². The standard InChI is InChI=1S/C14H29N3O/c1-4-10-17(13(18)16-5-2)14(11-15)8-6-12(3)7-9-14/h12H,4-11,15H2,1-3H3,(H,16,18). The molecule has 106 valence electrons. The molecule has 0 spiro atoms. The minimum Gasteiger partial charge on any atom is -0.338 e. The molecule has 0 saturated heterocycles. The van der Waals surface area contributed by atoms with Crippen molar-refractivity contribution < 1.29 is 4.79 Å². The number of nitrogens with two attached hydrogens (primary N) is 1. The van der Waals surface area contributed by atoms with E-state index in [-0.39, 0.29) is 11.6 Å². The largest absolute Gasteiger partial charge is 0.338 e. The Balaban J connectivity index is 2.82. The average Bonchev–Trinajstić information content (AvgIpc) is 2.38. The van der Waals surface area contributed by atoms with Crippen molar-refractivity contribution in [1.29, 1.82) is 0 Å². The number of nitrogens with one attached hydrogen (secondary N) is 1. The van der Waals surface area contributed by atoms with Crippen molar-refractivity contribution in [2.24, 2.45) is 11.7 Å². The number of carbonyl (C=O) groups is 1. The minimum absolute atomic E-state index is 0.0550. The van der Waals surface area contributed by atoms with Crippen LogP contribution in [0.15, 0.2) is 0 Å². The molecule has 0 bridgehead atoms. The number of urea groups is 1. The van der Waals surface area contributed by atoms with E-state index in [0.717, 1.165) is 31.7 Å². The highest BCUT2D eigenvalue weighted by molar-refractivity contribution is 5.75. The lowest BCUT2D eigenvalue weighted by molar-refractivity contribution is 0.0713. The van der Waals surface area contributed by atoms with Crippen molar-refractivity contribution in [3.05, 3.63) is 0 Å². The smallest absolute Gasteiger partial charge is 0.317 e. The molecule has 0 aromatic heterocycles. The van der Waals surface area contributed by atoms with Crippen LogP contribution in [-0.2, 0) is 0 Å². The summed E-state index contributed by atoms with van der Waals surface area (Å²) >= 11 is 0. The van der Waals surface area contributed by atoms with Gasteiger partial charge in [0.05, 0.1) is 5.54 Å². The molecule has 1 aliphatic rings. The predicted molar refractivity (Wildman–Crippen MR) is 75.5 cm³/mol. The molecular formula is C14H29N3O. The Morgan fingerprint density at radius 2 is 2.00 bits per heavy atom. The van der Waals surface area contributed by atoms with Gasteiger partial charge in [0.15, 0.2) is 0 Å². The van der Waals surface area contributed by atoms with Gasteiger partial charge in [-0.15, -0.1) is 0 Å². The fraction of sp³-hybridized carbons (Fsp3) is 0.929. The van der Waals surface area contributed by atoms with Gasteiger partial charge in [0.2, 0.25) is 0 Å². The number of carbonyl (C=O) groups excluding carboxylic acids is 1. The third-order valence-corrected chi connectivity index (χ3v) is 4.18. The Labute approximate surface area is 111 Å². The average molecular weight is 255 g/mol. The molecule has 18 heavy (non-hydrogen) atoms. The highest BCUT2D eigenvalue weighted by Crippen LogP contribution is 2.36. The van der Waals surface area contributed by atoms with Crippen LogP contribution in [0.1, 0.15) is 52.9 Å². The molecule has 1 rings (SSSR count). The third kappa shape index (κ3) is 3.37. The summed E-state index contributed by atoms with van der Waals surface area (Å²) in [4.78, 5) is 14.2. The lowest BCUT2D eigenvalue weighted by Gasteiger charge is -2.47. The van der Waals surface area contributed by atoms with Gasteiger partial charge in [0, 0.05) is 19.6 Å². The minimum atomic E-state index is -0.109. The van der Waals surface area contributed by atoms with E-state index >= 15 is 0 Å². The van der Waals surface area contributed by atoms with Crippen LogP contribution in [0.2, 0.25) is 0 Å². The fourth-order valence-electron chi connectivity index (χ4n) is 2.91. The van der Waals surface area contributed by atoms with Crippen LogP contribution in [0.4, 0.5) is 4.79 Å². The van der Waals surface area contributed by atoms with Gasteiger partial charge in [0.25, 0.3) is 0 Å². The first-order valence-corrected chi connectivity index (χ1v) is 7.35. The van der Waals surface area contributed by atoms with Gasteiger partial charge in [-0.2, -0.15) is 0 Å². The normalized spacial score (nSPS) is 27.9. The molecule has 0 heterocycles. The van der Waals surface area contributed by atoms with Crippen LogP contribution in [-0.4, -0.2) is 36.1 Å². The third-order valence-electron chi connectivity index (χ3n) is 4.18. The second-order valence-corrected chi connectivity index (χ2v) is 5.60. The highest BCUT2D eigenvalue weighted by Gasteiger charge is 2.40. The number of rotatable bonds is 5. The van der Waals surface area contributed by atoms with Crippen molar-refractivity contribution in [2.45, 2.75) is 58.4 Å². The summed E-state index contributed by atoms with van der Waals surface area (Å²) in [5, 5.41) is 2.93. The maximum Gasteiger partial charge on any atom is 0.317 e. The molecular weight excluding hydrogens is 226 g/mol. The monoisotopic (exact) mass is 255 g/mol. The quantitative estimate of drug-likeness (QED) is 0.792. The first kappa shape index (κ1) is 15.3. The topological polar surface area (TPSA) is 58.4 Å². The number of hydrogen-bond acceptors (Lipinski definition) is 2. The summed E-state index contributed by atoms with van der Waals surface area (Å²) in [5.74, 6) is 0.766. The van der Waals surface area contributed by atoms with Gasteiger partial charge < -0.3 is 16.0 Å². The molecule has 1 fully saturated rings. The molecule has 2 amide bonds. The molecule has 4 heteroatoms. The van der Waals surface area contributed by atoms with Crippen LogP contribution in [0, 0.1) is 5.92 Å². The number of nitrogens with zero attached hydrogens (tertiary/aromatic N) is 1. The Kier molecular flexibility index (Phi) is 5.93. The molecule has 3 N–H and O–H groups in total.